The van der Waals surface area contributed by atoms with Gasteiger partial charge in [0.05, 0.1) is 37.4 Å². The molecule has 1 heterocycles. The van der Waals surface area contributed by atoms with E-state index in [0.29, 0.717) is 38.0 Å². The number of benzene rings is 2. The lowest BCUT2D eigenvalue weighted by molar-refractivity contribution is -0.146. The predicted octanol–water partition coefficient (Wildman–Crippen LogP) is 8.78. The van der Waals surface area contributed by atoms with Crippen LogP contribution in [-0.4, -0.2) is 61.6 Å². The van der Waals surface area contributed by atoms with Crippen LogP contribution in [0.4, 0.5) is 26.3 Å². The van der Waals surface area contributed by atoms with Crippen molar-refractivity contribution in [2.24, 2.45) is 5.92 Å². The van der Waals surface area contributed by atoms with Crippen LogP contribution in [0.25, 0.3) is 0 Å². The molecule has 0 bridgehead atoms. The van der Waals surface area contributed by atoms with Gasteiger partial charge in [-0.3, -0.25) is 19.7 Å². The van der Waals surface area contributed by atoms with Gasteiger partial charge in [-0.1, -0.05) is 95.0 Å². The third kappa shape index (κ3) is 15.3. The molecule has 1 amide bonds. The Hall–Kier alpha value is -3.61. The van der Waals surface area contributed by atoms with Gasteiger partial charge >= 0.3 is 24.3 Å². The van der Waals surface area contributed by atoms with Crippen molar-refractivity contribution in [1.29, 1.82) is 0 Å². The largest absolute Gasteiger partial charge is 0.465 e. The van der Waals surface area contributed by atoms with Crippen molar-refractivity contribution in [2.45, 2.75) is 109 Å². The van der Waals surface area contributed by atoms with Gasteiger partial charge in [0, 0.05) is 18.2 Å². The number of ether oxygens (including phenoxy) is 2. The molecule has 7 nitrogen and oxygen atoms in total. The number of rotatable bonds is 20. The highest BCUT2D eigenvalue weighted by Gasteiger charge is 2.39. The molecule has 0 spiro atoms. The number of esters is 2. The summed E-state index contributed by atoms with van der Waals surface area (Å²) in [6.07, 6.45) is 2.43. The van der Waals surface area contributed by atoms with Gasteiger partial charge in [0.2, 0.25) is 0 Å². The number of alkyl halides is 6. The molecule has 51 heavy (non-hydrogen) atoms. The minimum Gasteiger partial charge on any atom is -0.465 e. The first-order valence-corrected chi connectivity index (χ1v) is 17.9. The maximum atomic E-state index is 13.5. The molecule has 13 heteroatoms. The Bertz CT molecular complexity index is 1340. The van der Waals surface area contributed by atoms with E-state index in [1.54, 1.807) is 18.2 Å². The first kappa shape index (κ1) is 41.8. The smallest absolute Gasteiger partial charge is 0.416 e. The van der Waals surface area contributed by atoms with Crippen LogP contribution in [-0.2, 0) is 37.8 Å². The van der Waals surface area contributed by atoms with E-state index < -0.39 is 52.9 Å². The molecule has 2 aromatic carbocycles. The number of carbonyl (C=O) groups is 3. The average molecular weight is 729 g/mol. The Balaban J connectivity index is 1.46. The molecule has 1 saturated heterocycles. The van der Waals surface area contributed by atoms with E-state index in [0.717, 1.165) is 24.8 Å². The summed E-state index contributed by atoms with van der Waals surface area (Å²) < 4.78 is 91.7. The van der Waals surface area contributed by atoms with Crippen molar-refractivity contribution in [3.63, 3.8) is 0 Å². The van der Waals surface area contributed by atoms with E-state index in [1.807, 2.05) is 12.1 Å². The van der Waals surface area contributed by atoms with Gasteiger partial charge in [-0.25, -0.2) is 0 Å². The van der Waals surface area contributed by atoms with Gasteiger partial charge in [-0.05, 0) is 55.4 Å². The second-order valence-corrected chi connectivity index (χ2v) is 13.2. The monoisotopic (exact) mass is 728 g/mol. The first-order valence-electron chi connectivity index (χ1n) is 17.9. The number of nitrogens with one attached hydrogen (secondary N) is 1. The summed E-state index contributed by atoms with van der Waals surface area (Å²) in [5.74, 6) is -2.22. The van der Waals surface area contributed by atoms with E-state index in [1.165, 1.54) is 49.8 Å². The number of hydrogen-bond acceptors (Lipinski definition) is 6. The van der Waals surface area contributed by atoms with Crippen LogP contribution >= 0.6 is 0 Å². The van der Waals surface area contributed by atoms with Gasteiger partial charge in [0.15, 0.2) is 0 Å². The molecule has 0 aromatic heterocycles. The Labute approximate surface area is 296 Å². The lowest BCUT2D eigenvalue weighted by atomic mass is 9.87. The third-order valence-electron chi connectivity index (χ3n) is 9.01. The number of unbranched alkanes of at least 4 members (excludes halogenated alkanes) is 9. The molecule has 2 aromatic rings. The van der Waals surface area contributed by atoms with Crippen molar-refractivity contribution in [2.75, 3.05) is 32.8 Å². The predicted molar refractivity (Wildman–Crippen MR) is 181 cm³/mol. The Morgan fingerprint density at radius 2 is 1.31 bits per heavy atom. The zero-order chi connectivity index (χ0) is 37.3. The van der Waals surface area contributed by atoms with Gasteiger partial charge in [-0.2, -0.15) is 26.3 Å². The number of amides is 1. The molecular weight excluding hydrogens is 678 g/mol. The third-order valence-corrected chi connectivity index (χ3v) is 9.01. The van der Waals surface area contributed by atoms with Gasteiger partial charge in [0.25, 0.3) is 5.91 Å². The van der Waals surface area contributed by atoms with Crippen LogP contribution in [0.15, 0.2) is 48.5 Å². The molecule has 284 valence electrons. The van der Waals surface area contributed by atoms with Gasteiger partial charge in [-0.15, -0.1) is 0 Å². The summed E-state index contributed by atoms with van der Waals surface area (Å²) >= 11 is 0. The molecule has 2 atom stereocenters. The average Bonchev–Trinajstić information content (AvgIpc) is 3.09. The Morgan fingerprint density at radius 3 is 1.88 bits per heavy atom. The zero-order valence-electron chi connectivity index (χ0n) is 29.3. The van der Waals surface area contributed by atoms with Gasteiger partial charge < -0.3 is 14.4 Å². The summed E-state index contributed by atoms with van der Waals surface area (Å²) in [4.78, 5) is 39.3. The zero-order valence-corrected chi connectivity index (χ0v) is 29.3. The fourth-order valence-corrected chi connectivity index (χ4v) is 6.23. The highest BCUT2D eigenvalue weighted by molar-refractivity contribution is 5.95. The molecule has 3 rings (SSSR count). The van der Waals surface area contributed by atoms with Crippen LogP contribution in [0.3, 0.4) is 0 Å². The molecule has 1 aliphatic rings. The van der Waals surface area contributed by atoms with E-state index in [9.17, 15) is 40.7 Å². The van der Waals surface area contributed by atoms with Crippen molar-refractivity contribution in [3.8, 4) is 0 Å². The second-order valence-electron chi connectivity index (χ2n) is 13.2. The number of carbonyl (C=O) groups excluding carboxylic acids is 3. The lowest BCUT2D eigenvalue weighted by Crippen LogP contribution is -2.48. The normalized spacial score (nSPS) is 16.6. The fraction of sp³-hybridized carbons (Fsp3) is 0.605. The highest BCUT2D eigenvalue weighted by atomic mass is 19.4. The molecule has 1 fully saturated rings. The van der Waals surface area contributed by atoms with Crippen LogP contribution in [0.1, 0.15) is 111 Å². The van der Waals surface area contributed by atoms with Crippen molar-refractivity contribution >= 4 is 17.8 Å². The minimum absolute atomic E-state index is 0.00119. The summed E-state index contributed by atoms with van der Waals surface area (Å²) in [5.41, 5.74) is -2.99. The minimum atomic E-state index is -5.09. The summed E-state index contributed by atoms with van der Waals surface area (Å²) in [6, 6.07) is 9.31. The van der Waals surface area contributed by atoms with Gasteiger partial charge in [0.1, 0.15) is 0 Å². The topological polar surface area (TPSA) is 84.9 Å². The molecule has 0 unspecified atom stereocenters. The maximum absolute atomic E-state index is 13.5. The number of halogens is 6. The molecular formula is C38H50F6N2O5. The molecule has 1 N–H and O–H groups in total. The Kier molecular flexibility index (Phi) is 17.3. The van der Waals surface area contributed by atoms with E-state index >= 15 is 0 Å². The SMILES string of the molecule is CCCCCCCCCCCCOC(=O)CNCC(=O)OC[C@H]1CCN(C(=O)c2cc(C(F)(F)F)cc(C(F)(F)F)c2)[C@@H](Cc2ccccc2)C1. The number of hydrogen-bond donors (Lipinski definition) is 1. The standard InChI is InChI=1S/C38H50F6N2O5/c1-2-3-4-5-6-7-8-9-10-14-19-50-34(47)25-45-26-35(48)51-27-29-17-18-46(33(21-29)20-28-15-12-11-13-16-28)36(49)30-22-31(37(39,40)41)24-32(23-30)38(42,43)44/h11-13,15-16,22-24,29,33,45H,2-10,14,17-21,25-27H2,1H3/t29-,33-/m0/s1. The number of nitrogens with zero attached hydrogens (tertiary/aromatic N) is 1. The van der Waals surface area contributed by atoms with E-state index in [2.05, 4.69) is 12.2 Å². The number of likely N-dealkylation sites (tertiary alicyclic amines) is 1. The molecule has 0 aliphatic carbocycles. The molecule has 0 radical (unpaired) electrons. The van der Waals surface area contributed by atoms with Crippen LogP contribution in [0, 0.1) is 5.92 Å². The lowest BCUT2D eigenvalue weighted by Gasteiger charge is -2.40. The summed E-state index contributed by atoms with van der Waals surface area (Å²) in [5, 5.41) is 2.71. The summed E-state index contributed by atoms with van der Waals surface area (Å²) in [6.45, 7) is 2.18. The van der Waals surface area contributed by atoms with Crippen LogP contribution in [0.5, 0.6) is 0 Å². The van der Waals surface area contributed by atoms with Crippen molar-refractivity contribution < 1.29 is 50.2 Å². The Morgan fingerprint density at radius 1 is 0.765 bits per heavy atom. The second kappa shape index (κ2) is 21.0. The quantitative estimate of drug-likeness (QED) is 0.0834. The summed E-state index contributed by atoms with van der Waals surface area (Å²) in [7, 11) is 0. The molecule has 0 saturated carbocycles. The van der Waals surface area contributed by atoms with E-state index in [-0.39, 0.29) is 38.2 Å². The maximum Gasteiger partial charge on any atom is 0.416 e. The van der Waals surface area contributed by atoms with Crippen molar-refractivity contribution in [1.82, 2.24) is 10.2 Å². The fourth-order valence-electron chi connectivity index (χ4n) is 6.23. The van der Waals surface area contributed by atoms with Crippen molar-refractivity contribution in [3.05, 3.63) is 70.8 Å². The molecule has 1 aliphatic heterocycles. The van der Waals surface area contributed by atoms with Crippen LogP contribution in [0.2, 0.25) is 0 Å². The van der Waals surface area contributed by atoms with E-state index in [4.69, 9.17) is 9.47 Å². The first-order chi connectivity index (χ1) is 24.3. The highest BCUT2D eigenvalue weighted by Crippen LogP contribution is 2.37. The number of piperidine rings is 1. The van der Waals surface area contributed by atoms with Crippen LogP contribution < -0.4 is 5.32 Å².